The van der Waals surface area contributed by atoms with Gasteiger partial charge in [0.25, 0.3) is 0 Å². The number of benzene rings is 1. The van der Waals surface area contributed by atoms with Gasteiger partial charge in [0.15, 0.2) is 5.60 Å². The molecule has 1 N–H and O–H groups in total. The Labute approximate surface area is 160 Å². The summed E-state index contributed by atoms with van der Waals surface area (Å²) in [6, 6.07) is 6.00. The van der Waals surface area contributed by atoms with Crippen molar-refractivity contribution in [2.45, 2.75) is 51.4 Å². The predicted molar refractivity (Wildman–Crippen MR) is 97.7 cm³/mol. The molecule has 3 nitrogen and oxygen atoms in total. The van der Waals surface area contributed by atoms with Gasteiger partial charge in [-0.15, -0.1) is 0 Å². The van der Waals surface area contributed by atoms with E-state index in [2.05, 4.69) is 4.98 Å². The van der Waals surface area contributed by atoms with Crippen molar-refractivity contribution >= 4 is 6.08 Å². The summed E-state index contributed by atoms with van der Waals surface area (Å²) < 4.78 is 55.8. The third kappa shape index (κ3) is 2.79. The van der Waals surface area contributed by atoms with E-state index >= 15 is 0 Å². The number of rotatable bonds is 2. The maximum absolute atomic E-state index is 13.6. The molecule has 0 saturated heterocycles. The van der Waals surface area contributed by atoms with Crippen LogP contribution in [0.3, 0.4) is 0 Å². The second-order valence-corrected chi connectivity index (χ2v) is 8.29. The molecule has 1 aromatic heterocycles. The minimum Gasteiger partial charge on any atom is -0.380 e. The van der Waals surface area contributed by atoms with Gasteiger partial charge in [0.1, 0.15) is 5.82 Å². The third-order valence-electron chi connectivity index (χ3n) is 6.50. The maximum atomic E-state index is 13.6. The van der Waals surface area contributed by atoms with Gasteiger partial charge in [0.05, 0.1) is 17.7 Å². The number of aromatic nitrogens is 2. The van der Waals surface area contributed by atoms with E-state index in [0.29, 0.717) is 31.5 Å². The molecule has 150 valence electrons. The van der Waals surface area contributed by atoms with Crippen LogP contribution in [-0.4, -0.2) is 26.4 Å². The largest absolute Gasteiger partial charge is 0.417 e. The van der Waals surface area contributed by atoms with Crippen LogP contribution in [0.4, 0.5) is 17.6 Å². The van der Waals surface area contributed by atoms with Crippen LogP contribution in [0.25, 0.3) is 17.3 Å². The van der Waals surface area contributed by atoms with Crippen molar-refractivity contribution in [3.8, 4) is 11.3 Å². The summed E-state index contributed by atoms with van der Waals surface area (Å²) in [5.41, 5.74) is -0.426. The number of imidazole rings is 1. The van der Waals surface area contributed by atoms with Crippen LogP contribution in [0.2, 0.25) is 0 Å². The van der Waals surface area contributed by atoms with E-state index in [9.17, 15) is 22.7 Å². The lowest BCUT2D eigenvalue weighted by atomic mass is 9.58. The van der Waals surface area contributed by atoms with Crippen molar-refractivity contribution in [2.24, 2.45) is 11.3 Å². The average molecular weight is 394 g/mol. The van der Waals surface area contributed by atoms with Crippen LogP contribution in [0.1, 0.15) is 38.8 Å². The zero-order valence-electron chi connectivity index (χ0n) is 15.7. The first-order valence-electron chi connectivity index (χ1n) is 9.35. The Morgan fingerprint density at radius 1 is 1.21 bits per heavy atom. The number of alkyl halides is 3. The summed E-state index contributed by atoms with van der Waals surface area (Å²) in [5.74, 6) is -1.28. The maximum Gasteiger partial charge on any atom is 0.417 e. The Bertz CT molecular complexity index is 927. The fraction of sp³-hybridized carbons (Fsp3) is 0.476. The molecule has 1 aliphatic heterocycles. The van der Waals surface area contributed by atoms with Crippen molar-refractivity contribution in [1.29, 1.82) is 0 Å². The molecule has 0 amide bonds. The van der Waals surface area contributed by atoms with Gasteiger partial charge in [-0.3, -0.25) is 0 Å². The average Bonchev–Trinajstić information content (AvgIpc) is 3.00. The molecular weight excluding hydrogens is 372 g/mol. The number of hydrogen-bond donors (Lipinski definition) is 1. The van der Waals surface area contributed by atoms with Crippen LogP contribution in [0.5, 0.6) is 0 Å². The van der Waals surface area contributed by atoms with E-state index in [-0.39, 0.29) is 5.82 Å². The molecule has 7 heteroatoms. The highest BCUT2D eigenvalue weighted by molar-refractivity contribution is 5.72. The van der Waals surface area contributed by atoms with Crippen molar-refractivity contribution in [2.75, 3.05) is 0 Å². The molecule has 0 bridgehead atoms. The zero-order chi connectivity index (χ0) is 20.3. The summed E-state index contributed by atoms with van der Waals surface area (Å²) in [6.07, 6.45) is 0.425. The van der Waals surface area contributed by atoms with Gasteiger partial charge in [0, 0.05) is 23.4 Å². The van der Waals surface area contributed by atoms with Crippen molar-refractivity contribution in [3.05, 3.63) is 47.7 Å². The van der Waals surface area contributed by atoms with Crippen molar-refractivity contribution in [3.63, 3.8) is 0 Å². The first kappa shape index (κ1) is 19.2. The quantitative estimate of drug-likeness (QED) is 0.711. The smallest absolute Gasteiger partial charge is 0.380 e. The summed E-state index contributed by atoms with van der Waals surface area (Å²) in [5, 5.41) is 10.4. The Morgan fingerprint density at radius 2 is 1.89 bits per heavy atom. The van der Waals surface area contributed by atoms with E-state index < -0.39 is 23.1 Å². The van der Waals surface area contributed by atoms with Crippen LogP contribution >= 0.6 is 0 Å². The summed E-state index contributed by atoms with van der Waals surface area (Å²) in [6.45, 7) is 3.02. The van der Waals surface area contributed by atoms with Gasteiger partial charge in [-0.25, -0.2) is 9.37 Å². The molecule has 3 atom stereocenters. The zero-order valence-corrected chi connectivity index (χ0v) is 15.7. The van der Waals surface area contributed by atoms with Crippen molar-refractivity contribution < 1.29 is 22.7 Å². The molecule has 4 rings (SSSR count). The number of aliphatic hydroxyl groups is 1. The van der Waals surface area contributed by atoms with Gasteiger partial charge in [-0.05, 0) is 56.5 Å². The topological polar surface area (TPSA) is 38.1 Å². The Kier molecular flexibility index (Phi) is 4.23. The number of halogens is 4. The van der Waals surface area contributed by atoms with E-state index in [1.54, 1.807) is 18.5 Å². The predicted octanol–water partition coefficient (Wildman–Crippen LogP) is 5.21. The standard InChI is InChI=1S/C21H22F4N2O/c1-19-11-27-12-26-18(13-6-8-15(22)9-7-13)16(27)10-14(19)4-3-5-17(19)20(2,28)21(23,24)25/h6-10,12,17,28H,3-5,11H2,1-2H3/t17-,19-,20?/m0/s1. The molecule has 0 radical (unpaired) electrons. The molecule has 1 unspecified atom stereocenters. The third-order valence-corrected chi connectivity index (χ3v) is 6.50. The molecule has 2 aliphatic rings. The van der Waals surface area contributed by atoms with Crippen LogP contribution in [0, 0.1) is 17.2 Å². The minimum atomic E-state index is -4.70. The molecule has 1 saturated carbocycles. The molecule has 28 heavy (non-hydrogen) atoms. The SMILES string of the molecule is CC(O)([C@H]1CCCC2=Cc3c(-c4ccc(F)cc4)ncn3C[C@@]21C)C(F)(F)F. The summed E-state index contributed by atoms with van der Waals surface area (Å²) >= 11 is 0. The molecular formula is C21H22F4N2O. The van der Waals surface area contributed by atoms with E-state index in [1.165, 1.54) is 12.1 Å². The highest BCUT2D eigenvalue weighted by Gasteiger charge is 2.61. The van der Waals surface area contributed by atoms with Gasteiger partial charge in [-0.1, -0.05) is 12.5 Å². The molecule has 1 aromatic carbocycles. The van der Waals surface area contributed by atoms with E-state index in [0.717, 1.165) is 23.8 Å². The number of hydrogen-bond acceptors (Lipinski definition) is 2. The van der Waals surface area contributed by atoms with Gasteiger partial charge in [-0.2, -0.15) is 13.2 Å². The highest BCUT2D eigenvalue weighted by atomic mass is 19.4. The highest BCUT2D eigenvalue weighted by Crippen LogP contribution is 2.56. The second-order valence-electron chi connectivity index (χ2n) is 8.29. The van der Waals surface area contributed by atoms with Crippen LogP contribution in [-0.2, 0) is 6.54 Å². The lowest BCUT2D eigenvalue weighted by Crippen LogP contribution is -2.57. The summed E-state index contributed by atoms with van der Waals surface area (Å²) in [7, 11) is 0. The van der Waals surface area contributed by atoms with Gasteiger partial charge in [0.2, 0.25) is 0 Å². The Hall–Kier alpha value is -2.15. The van der Waals surface area contributed by atoms with Crippen LogP contribution < -0.4 is 0 Å². The van der Waals surface area contributed by atoms with Gasteiger partial charge < -0.3 is 9.67 Å². The molecule has 2 aromatic rings. The van der Waals surface area contributed by atoms with Crippen LogP contribution in [0.15, 0.2) is 36.2 Å². The lowest BCUT2D eigenvalue weighted by molar-refractivity contribution is -0.285. The van der Waals surface area contributed by atoms with Gasteiger partial charge >= 0.3 is 6.18 Å². The first-order valence-corrected chi connectivity index (χ1v) is 9.35. The Morgan fingerprint density at radius 3 is 2.54 bits per heavy atom. The summed E-state index contributed by atoms with van der Waals surface area (Å²) in [4.78, 5) is 4.43. The minimum absolute atomic E-state index is 0.315. The van der Waals surface area contributed by atoms with Crippen molar-refractivity contribution in [1.82, 2.24) is 9.55 Å². The molecule has 1 aliphatic carbocycles. The monoisotopic (exact) mass is 394 g/mol. The number of fused-ring (bicyclic) bond motifs is 2. The first-order chi connectivity index (χ1) is 13.0. The normalized spacial score (nSPS) is 26.8. The van der Waals surface area contributed by atoms with E-state index in [4.69, 9.17) is 0 Å². The number of nitrogens with zero attached hydrogens (tertiary/aromatic N) is 2. The Balaban J connectivity index is 1.77. The second kappa shape index (κ2) is 6.17. The lowest BCUT2D eigenvalue weighted by Gasteiger charge is -2.51. The van der Waals surface area contributed by atoms with E-state index in [1.807, 2.05) is 17.6 Å². The fourth-order valence-electron chi connectivity index (χ4n) is 4.89. The molecule has 2 heterocycles. The molecule has 1 fully saturated rings. The fourth-order valence-corrected chi connectivity index (χ4v) is 4.89. The number of allylic oxidation sites excluding steroid dienone is 1. The molecule has 0 spiro atoms.